The quantitative estimate of drug-likeness (QED) is 0.756. The number of benzene rings is 1. The Labute approximate surface area is 85.1 Å². The average molecular weight is 280 g/mol. The van der Waals surface area contributed by atoms with Crippen LogP contribution in [0.3, 0.4) is 0 Å². The molecule has 1 rings (SSSR count). The first-order chi connectivity index (χ1) is 5.59. The minimum atomic E-state index is -0.228. The smallest absolute Gasteiger partial charge is 0.140 e. The minimum Gasteiger partial charge on any atom is -0.491 e. The lowest BCUT2D eigenvalue weighted by Crippen LogP contribution is -2.05. The molecule has 0 unspecified atom stereocenters. The highest BCUT2D eigenvalue weighted by molar-refractivity contribution is 14.1. The van der Waals surface area contributed by atoms with Crippen LogP contribution in [0.1, 0.15) is 13.8 Å². The monoisotopic (exact) mass is 280 g/mol. The van der Waals surface area contributed by atoms with Gasteiger partial charge in [0.15, 0.2) is 0 Å². The highest BCUT2D eigenvalue weighted by atomic mass is 127. The van der Waals surface area contributed by atoms with Crippen LogP contribution < -0.4 is 4.74 Å². The standard InChI is InChI=1S/C9H10FIO/c1-6(2)12-7-3-4-9(11)8(10)5-7/h3-6H,1-2H3. The van der Waals surface area contributed by atoms with Crippen molar-refractivity contribution in [3.63, 3.8) is 0 Å². The third kappa shape index (κ3) is 2.62. The summed E-state index contributed by atoms with van der Waals surface area (Å²) in [4.78, 5) is 0. The zero-order valence-corrected chi connectivity index (χ0v) is 9.13. The molecule has 0 amide bonds. The molecule has 0 radical (unpaired) electrons. The molecule has 0 aliphatic rings. The molecule has 0 atom stereocenters. The number of hydrogen-bond donors (Lipinski definition) is 0. The normalized spacial score (nSPS) is 10.4. The zero-order chi connectivity index (χ0) is 9.14. The third-order valence-corrected chi connectivity index (χ3v) is 2.14. The van der Waals surface area contributed by atoms with Crippen LogP contribution in [0.5, 0.6) is 5.75 Å². The maximum atomic E-state index is 12.9. The second-order valence-electron chi connectivity index (χ2n) is 2.74. The number of ether oxygens (including phenoxy) is 1. The van der Waals surface area contributed by atoms with Crippen LogP contribution in [0, 0.1) is 9.39 Å². The van der Waals surface area contributed by atoms with E-state index in [2.05, 4.69) is 0 Å². The molecule has 0 heterocycles. The summed E-state index contributed by atoms with van der Waals surface area (Å²) in [5, 5.41) is 0. The summed E-state index contributed by atoms with van der Waals surface area (Å²) in [6.45, 7) is 3.83. The molecule has 12 heavy (non-hydrogen) atoms. The van der Waals surface area contributed by atoms with Crippen LogP contribution in [-0.4, -0.2) is 6.10 Å². The van der Waals surface area contributed by atoms with Crippen molar-refractivity contribution in [2.75, 3.05) is 0 Å². The van der Waals surface area contributed by atoms with E-state index >= 15 is 0 Å². The largest absolute Gasteiger partial charge is 0.491 e. The first-order valence-corrected chi connectivity index (χ1v) is 4.79. The first-order valence-electron chi connectivity index (χ1n) is 3.71. The Morgan fingerprint density at radius 1 is 1.42 bits per heavy atom. The van der Waals surface area contributed by atoms with Crippen molar-refractivity contribution in [1.29, 1.82) is 0 Å². The molecule has 0 bridgehead atoms. The Morgan fingerprint density at radius 2 is 2.08 bits per heavy atom. The van der Waals surface area contributed by atoms with Crippen LogP contribution in [-0.2, 0) is 0 Å². The SMILES string of the molecule is CC(C)Oc1ccc(I)c(F)c1. The van der Waals surface area contributed by atoms with Crippen LogP contribution in [0.4, 0.5) is 4.39 Å². The molecule has 0 saturated carbocycles. The molecule has 1 aromatic carbocycles. The Bertz CT molecular complexity index is 273. The van der Waals surface area contributed by atoms with Gasteiger partial charge < -0.3 is 4.74 Å². The van der Waals surface area contributed by atoms with E-state index in [1.54, 1.807) is 12.1 Å². The van der Waals surface area contributed by atoms with Crippen molar-refractivity contribution in [2.24, 2.45) is 0 Å². The summed E-state index contributed by atoms with van der Waals surface area (Å²) in [6, 6.07) is 4.88. The summed E-state index contributed by atoms with van der Waals surface area (Å²) < 4.78 is 18.9. The van der Waals surface area contributed by atoms with Crippen LogP contribution in [0.2, 0.25) is 0 Å². The molecule has 0 aliphatic carbocycles. The van der Waals surface area contributed by atoms with Crippen molar-refractivity contribution >= 4 is 22.6 Å². The third-order valence-electron chi connectivity index (χ3n) is 1.26. The van der Waals surface area contributed by atoms with Gasteiger partial charge in [-0.2, -0.15) is 0 Å². The first kappa shape index (κ1) is 9.77. The lowest BCUT2D eigenvalue weighted by molar-refractivity contribution is 0.241. The molecule has 3 heteroatoms. The minimum absolute atomic E-state index is 0.0875. The Kier molecular flexibility index (Phi) is 3.31. The average Bonchev–Trinajstić information content (AvgIpc) is 1.96. The number of hydrogen-bond acceptors (Lipinski definition) is 1. The molecule has 1 aromatic rings. The van der Waals surface area contributed by atoms with E-state index in [1.807, 2.05) is 36.4 Å². The van der Waals surface area contributed by atoms with Crippen molar-refractivity contribution in [3.8, 4) is 5.75 Å². The van der Waals surface area contributed by atoms with Crippen molar-refractivity contribution in [1.82, 2.24) is 0 Å². The molecular weight excluding hydrogens is 270 g/mol. The van der Waals surface area contributed by atoms with Crippen molar-refractivity contribution in [2.45, 2.75) is 20.0 Å². The fourth-order valence-corrected chi connectivity index (χ4v) is 1.16. The van der Waals surface area contributed by atoms with Gasteiger partial charge in [0.2, 0.25) is 0 Å². The lowest BCUT2D eigenvalue weighted by Gasteiger charge is -2.09. The molecule has 0 fully saturated rings. The van der Waals surface area contributed by atoms with Crippen LogP contribution in [0.25, 0.3) is 0 Å². The molecule has 0 N–H and O–H groups in total. The van der Waals surface area contributed by atoms with Gasteiger partial charge in [-0.1, -0.05) is 0 Å². The molecule has 0 saturated heterocycles. The molecule has 0 aliphatic heterocycles. The molecule has 66 valence electrons. The van der Waals surface area contributed by atoms with Gasteiger partial charge in [0, 0.05) is 9.64 Å². The van der Waals surface area contributed by atoms with Crippen molar-refractivity contribution in [3.05, 3.63) is 27.6 Å². The highest BCUT2D eigenvalue weighted by Crippen LogP contribution is 2.18. The van der Waals surface area contributed by atoms with Gasteiger partial charge in [-0.3, -0.25) is 0 Å². The van der Waals surface area contributed by atoms with Crippen molar-refractivity contribution < 1.29 is 9.13 Å². The maximum Gasteiger partial charge on any atom is 0.140 e. The second-order valence-corrected chi connectivity index (χ2v) is 3.90. The summed E-state index contributed by atoms with van der Waals surface area (Å²) in [6.07, 6.45) is 0.0875. The van der Waals surface area contributed by atoms with E-state index in [0.29, 0.717) is 9.32 Å². The van der Waals surface area contributed by atoms with E-state index in [9.17, 15) is 4.39 Å². The second kappa shape index (κ2) is 4.07. The predicted molar refractivity (Wildman–Crippen MR) is 54.9 cm³/mol. The Morgan fingerprint density at radius 3 is 2.58 bits per heavy atom. The summed E-state index contributed by atoms with van der Waals surface area (Å²) >= 11 is 1.94. The zero-order valence-electron chi connectivity index (χ0n) is 6.97. The lowest BCUT2D eigenvalue weighted by atomic mass is 10.3. The summed E-state index contributed by atoms with van der Waals surface area (Å²) in [5.41, 5.74) is 0. The Balaban J connectivity index is 2.82. The summed E-state index contributed by atoms with van der Waals surface area (Å²) in [7, 11) is 0. The van der Waals surface area contributed by atoms with E-state index in [-0.39, 0.29) is 11.9 Å². The van der Waals surface area contributed by atoms with Gasteiger partial charge in [0.1, 0.15) is 11.6 Å². The summed E-state index contributed by atoms with van der Waals surface area (Å²) in [5.74, 6) is 0.358. The molecule has 1 nitrogen and oxygen atoms in total. The van der Waals surface area contributed by atoms with Gasteiger partial charge in [0.25, 0.3) is 0 Å². The molecular formula is C9H10FIO. The Hall–Kier alpha value is -0.320. The van der Waals surface area contributed by atoms with E-state index in [4.69, 9.17) is 4.74 Å². The van der Waals surface area contributed by atoms with Gasteiger partial charge >= 0.3 is 0 Å². The fraction of sp³-hybridized carbons (Fsp3) is 0.333. The van der Waals surface area contributed by atoms with Crippen LogP contribution in [0.15, 0.2) is 18.2 Å². The topological polar surface area (TPSA) is 9.23 Å². The number of halogens is 2. The fourth-order valence-electron chi connectivity index (χ4n) is 0.822. The number of rotatable bonds is 2. The van der Waals surface area contributed by atoms with E-state index < -0.39 is 0 Å². The van der Waals surface area contributed by atoms with Gasteiger partial charge in [-0.05, 0) is 48.6 Å². The maximum absolute atomic E-state index is 12.9. The van der Waals surface area contributed by atoms with E-state index in [0.717, 1.165) is 0 Å². The molecule has 0 spiro atoms. The van der Waals surface area contributed by atoms with Gasteiger partial charge in [-0.15, -0.1) is 0 Å². The van der Waals surface area contributed by atoms with E-state index in [1.165, 1.54) is 6.07 Å². The predicted octanol–water partition coefficient (Wildman–Crippen LogP) is 3.22. The van der Waals surface area contributed by atoms with Gasteiger partial charge in [-0.25, -0.2) is 4.39 Å². The van der Waals surface area contributed by atoms with Gasteiger partial charge in [0.05, 0.1) is 6.10 Å². The van der Waals surface area contributed by atoms with Crippen LogP contribution >= 0.6 is 22.6 Å². The molecule has 0 aromatic heterocycles. The highest BCUT2D eigenvalue weighted by Gasteiger charge is 2.02.